The Bertz CT molecular complexity index is 397. The first kappa shape index (κ1) is 12.5. The second-order valence-electron chi connectivity index (χ2n) is 3.69. The highest BCUT2D eigenvalue weighted by Crippen LogP contribution is 2.12. The van der Waals surface area contributed by atoms with E-state index in [4.69, 9.17) is 5.11 Å². The fraction of sp³-hybridized carbons (Fsp3) is 0.308. The van der Waals surface area contributed by atoms with E-state index >= 15 is 0 Å². The van der Waals surface area contributed by atoms with Gasteiger partial charge in [0.1, 0.15) is 0 Å². The Balaban J connectivity index is 2.68. The predicted octanol–water partition coefficient (Wildman–Crippen LogP) is 1.64. The van der Waals surface area contributed by atoms with Crippen LogP contribution in [0.15, 0.2) is 24.3 Å². The Morgan fingerprint density at radius 2 is 2.25 bits per heavy atom. The van der Waals surface area contributed by atoms with Crippen LogP contribution in [0.4, 0.5) is 0 Å². The molecule has 0 spiro atoms. The van der Waals surface area contributed by atoms with Gasteiger partial charge in [-0.1, -0.05) is 24.3 Å². The monoisotopic (exact) mass is 219 g/mol. The lowest BCUT2D eigenvalue weighted by Gasteiger charge is -2.03. The summed E-state index contributed by atoms with van der Waals surface area (Å²) >= 11 is 0. The maximum atomic E-state index is 10.6. The number of benzene rings is 1. The summed E-state index contributed by atoms with van der Waals surface area (Å²) in [4.78, 5) is 10.6. The van der Waals surface area contributed by atoms with Crippen LogP contribution in [-0.2, 0) is 11.4 Å². The van der Waals surface area contributed by atoms with Gasteiger partial charge in [-0.15, -0.1) is 0 Å². The van der Waals surface area contributed by atoms with Crippen molar-refractivity contribution in [3.8, 4) is 0 Å². The lowest BCUT2D eigenvalue weighted by atomic mass is 10.0. The van der Waals surface area contributed by atoms with Gasteiger partial charge in [0.25, 0.3) is 0 Å². The first-order valence-electron chi connectivity index (χ1n) is 5.25. The molecule has 1 aromatic carbocycles. The molecular weight excluding hydrogens is 202 g/mol. The molecule has 0 saturated carbocycles. The first-order chi connectivity index (χ1) is 7.63. The standard InChI is InChI=1S/C13H17NO2/c1-10-5-6-12(9-15)8-13(10)4-3-7-14-11(2)16/h3-6,8,15H,7,9H2,1-2H3,(H,14,16). The molecular formula is C13H17NO2. The molecule has 0 atom stereocenters. The maximum absolute atomic E-state index is 10.6. The number of carbonyl (C=O) groups is 1. The zero-order valence-electron chi connectivity index (χ0n) is 9.66. The maximum Gasteiger partial charge on any atom is 0.217 e. The Morgan fingerprint density at radius 1 is 1.50 bits per heavy atom. The smallest absolute Gasteiger partial charge is 0.217 e. The molecule has 0 radical (unpaired) electrons. The lowest BCUT2D eigenvalue weighted by Crippen LogP contribution is -2.19. The van der Waals surface area contributed by atoms with Crippen LogP contribution in [0.25, 0.3) is 6.08 Å². The highest BCUT2D eigenvalue weighted by atomic mass is 16.3. The number of amides is 1. The molecule has 0 bridgehead atoms. The van der Waals surface area contributed by atoms with Crippen molar-refractivity contribution in [1.82, 2.24) is 5.32 Å². The molecule has 2 N–H and O–H groups in total. The van der Waals surface area contributed by atoms with Crippen LogP contribution < -0.4 is 5.32 Å². The third-order valence-electron chi connectivity index (χ3n) is 2.29. The molecule has 0 aliphatic heterocycles. The molecule has 1 amide bonds. The Kier molecular flexibility index (Phi) is 4.73. The van der Waals surface area contributed by atoms with Gasteiger partial charge in [-0.2, -0.15) is 0 Å². The molecule has 0 aromatic heterocycles. The van der Waals surface area contributed by atoms with Crippen LogP contribution in [0.2, 0.25) is 0 Å². The van der Waals surface area contributed by atoms with E-state index in [-0.39, 0.29) is 12.5 Å². The van der Waals surface area contributed by atoms with E-state index in [2.05, 4.69) is 5.32 Å². The summed E-state index contributed by atoms with van der Waals surface area (Å²) in [6.45, 7) is 4.08. The van der Waals surface area contributed by atoms with E-state index in [0.717, 1.165) is 16.7 Å². The van der Waals surface area contributed by atoms with Gasteiger partial charge < -0.3 is 10.4 Å². The number of hydrogen-bond donors (Lipinski definition) is 2. The van der Waals surface area contributed by atoms with Crippen molar-refractivity contribution >= 4 is 12.0 Å². The fourth-order valence-electron chi connectivity index (χ4n) is 1.36. The molecule has 16 heavy (non-hydrogen) atoms. The van der Waals surface area contributed by atoms with E-state index in [1.807, 2.05) is 37.3 Å². The number of hydrogen-bond acceptors (Lipinski definition) is 2. The zero-order valence-corrected chi connectivity index (χ0v) is 9.66. The Labute approximate surface area is 95.8 Å². The molecule has 86 valence electrons. The molecule has 0 aliphatic rings. The van der Waals surface area contributed by atoms with Crippen molar-refractivity contribution in [3.05, 3.63) is 41.0 Å². The average Bonchev–Trinajstić information content (AvgIpc) is 2.26. The summed E-state index contributed by atoms with van der Waals surface area (Å²) in [7, 11) is 0. The molecule has 3 heteroatoms. The number of aliphatic hydroxyl groups is 1. The number of aliphatic hydroxyl groups excluding tert-OH is 1. The third-order valence-corrected chi connectivity index (χ3v) is 2.29. The van der Waals surface area contributed by atoms with Crippen LogP contribution in [0.3, 0.4) is 0 Å². The summed E-state index contributed by atoms with van der Waals surface area (Å²) in [5.74, 6) is -0.0366. The lowest BCUT2D eigenvalue weighted by molar-refractivity contribution is -0.118. The molecule has 1 rings (SSSR count). The summed E-state index contributed by atoms with van der Waals surface area (Å²) in [5.41, 5.74) is 3.11. The normalized spacial score (nSPS) is 10.7. The van der Waals surface area contributed by atoms with Crippen molar-refractivity contribution in [2.75, 3.05) is 6.54 Å². The van der Waals surface area contributed by atoms with E-state index in [9.17, 15) is 4.79 Å². The number of nitrogens with one attached hydrogen (secondary N) is 1. The molecule has 0 saturated heterocycles. The molecule has 0 fully saturated rings. The van der Waals surface area contributed by atoms with Crippen LogP contribution in [-0.4, -0.2) is 17.6 Å². The highest BCUT2D eigenvalue weighted by Gasteiger charge is 1.96. The second-order valence-corrected chi connectivity index (χ2v) is 3.69. The van der Waals surface area contributed by atoms with E-state index in [1.165, 1.54) is 6.92 Å². The van der Waals surface area contributed by atoms with Crippen molar-refractivity contribution in [2.45, 2.75) is 20.5 Å². The van der Waals surface area contributed by atoms with Crippen molar-refractivity contribution < 1.29 is 9.90 Å². The summed E-state index contributed by atoms with van der Waals surface area (Å²) in [6, 6.07) is 5.82. The minimum atomic E-state index is -0.0366. The molecule has 0 aliphatic carbocycles. The van der Waals surface area contributed by atoms with Gasteiger partial charge in [0.05, 0.1) is 6.61 Å². The van der Waals surface area contributed by atoms with Gasteiger partial charge in [0.2, 0.25) is 5.91 Å². The van der Waals surface area contributed by atoms with Gasteiger partial charge >= 0.3 is 0 Å². The second kappa shape index (κ2) is 6.08. The van der Waals surface area contributed by atoms with Crippen LogP contribution in [0, 0.1) is 6.92 Å². The Hall–Kier alpha value is -1.61. The molecule has 0 unspecified atom stereocenters. The van der Waals surface area contributed by atoms with Crippen LogP contribution in [0.5, 0.6) is 0 Å². The van der Waals surface area contributed by atoms with Crippen LogP contribution >= 0.6 is 0 Å². The first-order valence-corrected chi connectivity index (χ1v) is 5.25. The summed E-state index contributed by atoms with van der Waals surface area (Å²) in [6.07, 6.45) is 3.84. The minimum absolute atomic E-state index is 0.0366. The highest BCUT2D eigenvalue weighted by molar-refractivity contribution is 5.73. The molecule has 0 heterocycles. The summed E-state index contributed by atoms with van der Waals surface area (Å²) < 4.78 is 0. The van der Waals surface area contributed by atoms with E-state index < -0.39 is 0 Å². The topological polar surface area (TPSA) is 49.3 Å². The number of rotatable bonds is 4. The van der Waals surface area contributed by atoms with Gasteiger partial charge in [-0.25, -0.2) is 0 Å². The van der Waals surface area contributed by atoms with Gasteiger partial charge in [-0.3, -0.25) is 4.79 Å². The van der Waals surface area contributed by atoms with Gasteiger partial charge in [-0.05, 0) is 29.7 Å². The fourth-order valence-corrected chi connectivity index (χ4v) is 1.36. The van der Waals surface area contributed by atoms with Gasteiger partial charge in [0, 0.05) is 13.5 Å². The summed E-state index contributed by atoms with van der Waals surface area (Å²) in [5, 5.41) is 11.7. The van der Waals surface area contributed by atoms with Crippen molar-refractivity contribution in [1.29, 1.82) is 0 Å². The quantitative estimate of drug-likeness (QED) is 0.808. The number of aryl methyl sites for hydroxylation is 1. The Morgan fingerprint density at radius 3 is 2.88 bits per heavy atom. The predicted molar refractivity (Wildman–Crippen MR) is 64.8 cm³/mol. The average molecular weight is 219 g/mol. The van der Waals surface area contributed by atoms with Crippen LogP contribution in [0.1, 0.15) is 23.6 Å². The number of carbonyl (C=O) groups excluding carboxylic acids is 1. The van der Waals surface area contributed by atoms with Gasteiger partial charge in [0.15, 0.2) is 0 Å². The molecule has 1 aromatic rings. The largest absolute Gasteiger partial charge is 0.392 e. The van der Waals surface area contributed by atoms with E-state index in [1.54, 1.807) is 0 Å². The SMILES string of the molecule is CC(=O)NCC=Cc1cc(CO)ccc1C. The zero-order chi connectivity index (χ0) is 12.0. The minimum Gasteiger partial charge on any atom is -0.392 e. The van der Waals surface area contributed by atoms with Crippen molar-refractivity contribution in [2.24, 2.45) is 0 Å². The third kappa shape index (κ3) is 3.87. The van der Waals surface area contributed by atoms with Crippen molar-refractivity contribution in [3.63, 3.8) is 0 Å². The molecule has 3 nitrogen and oxygen atoms in total. The van der Waals surface area contributed by atoms with E-state index in [0.29, 0.717) is 6.54 Å².